The van der Waals surface area contributed by atoms with E-state index in [1.54, 1.807) is 12.2 Å². The van der Waals surface area contributed by atoms with Gasteiger partial charge in [0.25, 0.3) is 0 Å². The zero-order chi connectivity index (χ0) is 16.1. The zero-order valence-corrected chi connectivity index (χ0v) is 13.6. The van der Waals surface area contributed by atoms with Crippen LogP contribution in [0.2, 0.25) is 0 Å². The first kappa shape index (κ1) is 15.9. The third-order valence-electron chi connectivity index (χ3n) is 4.54. The number of amides is 1. The van der Waals surface area contributed by atoms with Crippen molar-refractivity contribution in [2.75, 3.05) is 26.9 Å². The van der Waals surface area contributed by atoms with E-state index in [1.165, 1.54) is 25.7 Å². The molecule has 3 rings (SSSR count). The van der Waals surface area contributed by atoms with Gasteiger partial charge in [-0.25, -0.2) is 0 Å². The summed E-state index contributed by atoms with van der Waals surface area (Å²) >= 11 is 0. The van der Waals surface area contributed by atoms with E-state index in [0.717, 1.165) is 23.6 Å². The molecular weight excluding hydrogens is 292 g/mol. The van der Waals surface area contributed by atoms with Gasteiger partial charge in [-0.1, -0.05) is 18.9 Å². The number of benzene rings is 1. The van der Waals surface area contributed by atoms with Crippen molar-refractivity contribution in [3.63, 3.8) is 0 Å². The number of carbonyl (C=O) groups is 1. The normalized spacial score (nSPS) is 17.3. The molecule has 1 aromatic carbocycles. The number of nitrogens with zero attached hydrogens (tertiary/aromatic N) is 1. The van der Waals surface area contributed by atoms with Crippen LogP contribution in [-0.2, 0) is 4.79 Å². The highest BCUT2D eigenvalue weighted by Crippen LogP contribution is 2.32. The molecule has 1 aromatic rings. The Kier molecular flexibility index (Phi) is 5.18. The first-order valence-corrected chi connectivity index (χ1v) is 8.28. The lowest BCUT2D eigenvalue weighted by atomic mass is 10.2. The fraction of sp³-hybridized carbons (Fsp3) is 0.500. The lowest BCUT2D eigenvalue weighted by molar-refractivity contribution is -0.116. The van der Waals surface area contributed by atoms with Crippen LogP contribution >= 0.6 is 0 Å². The molecule has 1 aliphatic carbocycles. The van der Waals surface area contributed by atoms with Crippen molar-refractivity contribution < 1.29 is 14.3 Å². The molecule has 0 aromatic heterocycles. The van der Waals surface area contributed by atoms with E-state index in [4.69, 9.17) is 9.47 Å². The average molecular weight is 316 g/mol. The Morgan fingerprint density at radius 1 is 1.30 bits per heavy atom. The number of likely N-dealkylation sites (N-methyl/N-ethyl adjacent to an activating group) is 1. The maximum atomic E-state index is 11.9. The molecule has 1 fully saturated rings. The van der Waals surface area contributed by atoms with Crippen LogP contribution in [0, 0.1) is 0 Å². The molecule has 0 atom stereocenters. The predicted octanol–water partition coefficient (Wildman–Crippen LogP) is 2.42. The lowest BCUT2D eigenvalue weighted by Gasteiger charge is -2.23. The van der Waals surface area contributed by atoms with Gasteiger partial charge in [0.1, 0.15) is 0 Å². The average Bonchev–Trinajstić information content (AvgIpc) is 3.23. The van der Waals surface area contributed by atoms with E-state index in [2.05, 4.69) is 17.3 Å². The summed E-state index contributed by atoms with van der Waals surface area (Å²) in [6, 6.07) is 6.33. The van der Waals surface area contributed by atoms with E-state index >= 15 is 0 Å². The third-order valence-corrected chi connectivity index (χ3v) is 4.54. The van der Waals surface area contributed by atoms with Crippen molar-refractivity contribution in [3.05, 3.63) is 29.8 Å². The minimum absolute atomic E-state index is 0.0671. The zero-order valence-electron chi connectivity index (χ0n) is 13.6. The largest absolute Gasteiger partial charge is 0.454 e. The van der Waals surface area contributed by atoms with E-state index in [-0.39, 0.29) is 12.7 Å². The second kappa shape index (κ2) is 7.51. The molecule has 0 saturated heterocycles. The quantitative estimate of drug-likeness (QED) is 0.819. The van der Waals surface area contributed by atoms with Crippen LogP contribution in [-0.4, -0.2) is 43.8 Å². The summed E-state index contributed by atoms with van der Waals surface area (Å²) in [4.78, 5) is 14.2. The van der Waals surface area contributed by atoms with Crippen LogP contribution in [0.1, 0.15) is 31.2 Å². The Balaban J connectivity index is 1.42. The van der Waals surface area contributed by atoms with Crippen LogP contribution in [0.4, 0.5) is 0 Å². The molecule has 0 unspecified atom stereocenters. The van der Waals surface area contributed by atoms with E-state index < -0.39 is 0 Å². The second-order valence-corrected chi connectivity index (χ2v) is 6.16. The first-order chi connectivity index (χ1) is 11.2. The minimum Gasteiger partial charge on any atom is -0.454 e. The van der Waals surface area contributed by atoms with Gasteiger partial charge in [-0.2, -0.15) is 0 Å². The molecule has 1 N–H and O–H groups in total. The number of hydrogen-bond acceptors (Lipinski definition) is 4. The Morgan fingerprint density at radius 3 is 2.91 bits per heavy atom. The topological polar surface area (TPSA) is 50.8 Å². The van der Waals surface area contributed by atoms with Crippen molar-refractivity contribution in [1.82, 2.24) is 10.2 Å². The van der Waals surface area contributed by atoms with Gasteiger partial charge in [0.15, 0.2) is 11.5 Å². The van der Waals surface area contributed by atoms with Gasteiger partial charge in [-0.05, 0) is 43.7 Å². The monoisotopic (exact) mass is 316 g/mol. The number of nitrogens with one attached hydrogen (secondary N) is 1. The maximum absolute atomic E-state index is 11.9. The van der Waals surface area contributed by atoms with Crippen molar-refractivity contribution in [2.24, 2.45) is 0 Å². The number of hydrogen-bond donors (Lipinski definition) is 1. The molecule has 0 spiro atoms. The molecule has 1 heterocycles. The molecule has 0 bridgehead atoms. The summed E-state index contributed by atoms with van der Waals surface area (Å²) in [7, 11) is 2.14. The van der Waals surface area contributed by atoms with E-state index in [0.29, 0.717) is 12.6 Å². The fourth-order valence-corrected chi connectivity index (χ4v) is 3.13. The van der Waals surface area contributed by atoms with Crippen LogP contribution < -0.4 is 14.8 Å². The van der Waals surface area contributed by atoms with Crippen LogP contribution in [0.15, 0.2) is 24.3 Å². The SMILES string of the molecule is CN(CCNC(=O)/C=C/c1ccc2c(c1)OCO2)C1CCCC1. The summed E-state index contributed by atoms with van der Waals surface area (Å²) in [5.74, 6) is 1.41. The summed E-state index contributed by atoms with van der Waals surface area (Å²) in [6.07, 6.45) is 8.59. The van der Waals surface area contributed by atoms with Gasteiger partial charge in [0.2, 0.25) is 12.7 Å². The highest BCUT2D eigenvalue weighted by atomic mass is 16.7. The third kappa shape index (κ3) is 4.26. The molecule has 1 saturated carbocycles. The molecule has 2 aliphatic rings. The predicted molar refractivity (Wildman–Crippen MR) is 89.5 cm³/mol. The molecule has 5 nitrogen and oxygen atoms in total. The van der Waals surface area contributed by atoms with Gasteiger partial charge in [-0.15, -0.1) is 0 Å². The Labute approximate surface area is 137 Å². The Morgan fingerprint density at radius 2 is 2.09 bits per heavy atom. The van der Waals surface area contributed by atoms with Gasteiger partial charge in [-0.3, -0.25) is 4.79 Å². The highest BCUT2D eigenvalue weighted by molar-refractivity contribution is 5.91. The summed E-state index contributed by atoms with van der Waals surface area (Å²) in [5.41, 5.74) is 0.924. The number of fused-ring (bicyclic) bond motifs is 1. The summed E-state index contributed by atoms with van der Waals surface area (Å²) in [6.45, 7) is 1.84. The Hall–Kier alpha value is -2.01. The van der Waals surface area contributed by atoms with Gasteiger partial charge in [0, 0.05) is 25.2 Å². The van der Waals surface area contributed by atoms with E-state index in [9.17, 15) is 4.79 Å². The smallest absolute Gasteiger partial charge is 0.244 e. The van der Waals surface area contributed by atoms with Crippen molar-refractivity contribution in [3.8, 4) is 11.5 Å². The molecule has 1 aliphatic heterocycles. The minimum atomic E-state index is -0.0671. The van der Waals surface area contributed by atoms with E-state index in [1.807, 2.05) is 18.2 Å². The summed E-state index contributed by atoms with van der Waals surface area (Å²) in [5, 5.41) is 2.94. The number of carbonyl (C=O) groups excluding carboxylic acids is 1. The molecule has 0 radical (unpaired) electrons. The number of rotatable bonds is 6. The van der Waals surface area contributed by atoms with Crippen LogP contribution in [0.25, 0.3) is 6.08 Å². The maximum Gasteiger partial charge on any atom is 0.244 e. The molecule has 124 valence electrons. The van der Waals surface area contributed by atoms with Crippen molar-refractivity contribution in [2.45, 2.75) is 31.7 Å². The standard InChI is InChI=1S/C18H24N2O3/c1-20(15-4-2-3-5-15)11-10-19-18(21)9-7-14-6-8-16-17(12-14)23-13-22-16/h6-9,12,15H,2-5,10-11,13H2,1H3,(H,19,21)/b9-7+. The van der Waals surface area contributed by atoms with Crippen LogP contribution in [0.5, 0.6) is 11.5 Å². The van der Waals surface area contributed by atoms with Gasteiger partial charge in [0.05, 0.1) is 0 Å². The van der Waals surface area contributed by atoms with Gasteiger partial charge >= 0.3 is 0 Å². The molecule has 1 amide bonds. The molecule has 23 heavy (non-hydrogen) atoms. The summed E-state index contributed by atoms with van der Waals surface area (Å²) < 4.78 is 10.6. The fourth-order valence-electron chi connectivity index (χ4n) is 3.13. The highest BCUT2D eigenvalue weighted by Gasteiger charge is 2.18. The van der Waals surface area contributed by atoms with Gasteiger partial charge < -0.3 is 19.7 Å². The second-order valence-electron chi connectivity index (χ2n) is 6.16. The molecule has 5 heteroatoms. The number of ether oxygens (including phenoxy) is 2. The lowest BCUT2D eigenvalue weighted by Crippen LogP contribution is -2.36. The Bertz CT molecular complexity index is 580. The van der Waals surface area contributed by atoms with Crippen molar-refractivity contribution >= 4 is 12.0 Å². The molecular formula is C18H24N2O3. The van der Waals surface area contributed by atoms with Crippen molar-refractivity contribution in [1.29, 1.82) is 0 Å². The van der Waals surface area contributed by atoms with Crippen LogP contribution in [0.3, 0.4) is 0 Å². The first-order valence-electron chi connectivity index (χ1n) is 8.28.